The minimum Gasteiger partial charge on any atom is -0.314 e. The normalized spacial score (nSPS) is 13.4. The summed E-state index contributed by atoms with van der Waals surface area (Å²) in [7, 11) is 1.76. The summed E-state index contributed by atoms with van der Waals surface area (Å²) in [6.45, 7) is 4.04. The standard InChI is InChI=1S/C19H21N3O2S/c1-4-13-7-5-6-12(2)18(13)21-19(24)20-14-8-9-16-15(10-14)22(3)17(23)11-25-16/h5-10H,4,11H2,1-3H3,(H2,20,21,24). The number of anilines is 3. The molecule has 25 heavy (non-hydrogen) atoms. The maximum Gasteiger partial charge on any atom is 0.323 e. The number of thioether (sulfide) groups is 1. The smallest absolute Gasteiger partial charge is 0.314 e. The van der Waals surface area contributed by atoms with Crippen LogP contribution in [-0.4, -0.2) is 24.7 Å². The second-order valence-corrected chi connectivity index (χ2v) is 6.98. The van der Waals surface area contributed by atoms with Gasteiger partial charge in [0.15, 0.2) is 0 Å². The lowest BCUT2D eigenvalue weighted by molar-refractivity contribution is -0.116. The number of rotatable bonds is 3. The van der Waals surface area contributed by atoms with Crippen molar-refractivity contribution in [2.75, 3.05) is 28.3 Å². The quantitative estimate of drug-likeness (QED) is 0.864. The van der Waals surface area contributed by atoms with Crippen molar-refractivity contribution in [1.29, 1.82) is 0 Å². The van der Waals surface area contributed by atoms with Gasteiger partial charge < -0.3 is 15.5 Å². The highest BCUT2D eigenvalue weighted by Gasteiger charge is 2.21. The summed E-state index contributed by atoms with van der Waals surface area (Å²) in [5.74, 6) is 0.510. The van der Waals surface area contributed by atoms with Crippen molar-refractivity contribution in [2.24, 2.45) is 0 Å². The Morgan fingerprint density at radius 2 is 2.04 bits per heavy atom. The Morgan fingerprint density at radius 3 is 2.80 bits per heavy atom. The summed E-state index contributed by atoms with van der Waals surface area (Å²) < 4.78 is 0. The zero-order valence-corrected chi connectivity index (χ0v) is 15.4. The predicted octanol–water partition coefficient (Wildman–Crippen LogP) is 4.27. The molecule has 0 unspecified atom stereocenters. The molecule has 2 N–H and O–H groups in total. The van der Waals surface area contributed by atoms with Crippen LogP contribution in [0.1, 0.15) is 18.1 Å². The molecule has 0 saturated carbocycles. The van der Waals surface area contributed by atoms with Crippen LogP contribution >= 0.6 is 11.8 Å². The van der Waals surface area contributed by atoms with E-state index in [1.54, 1.807) is 11.9 Å². The van der Waals surface area contributed by atoms with E-state index in [0.29, 0.717) is 11.4 Å². The summed E-state index contributed by atoms with van der Waals surface area (Å²) in [6.07, 6.45) is 0.847. The number of nitrogens with one attached hydrogen (secondary N) is 2. The van der Waals surface area contributed by atoms with Crippen LogP contribution in [-0.2, 0) is 11.2 Å². The van der Waals surface area contributed by atoms with Gasteiger partial charge in [0.1, 0.15) is 0 Å². The summed E-state index contributed by atoms with van der Waals surface area (Å²) in [5, 5.41) is 5.80. The molecule has 1 aliphatic rings. The molecular weight excluding hydrogens is 334 g/mol. The average Bonchev–Trinajstić information content (AvgIpc) is 2.60. The van der Waals surface area contributed by atoms with E-state index in [1.807, 2.05) is 43.3 Å². The van der Waals surface area contributed by atoms with Gasteiger partial charge in [-0.2, -0.15) is 0 Å². The van der Waals surface area contributed by atoms with E-state index in [0.717, 1.165) is 33.8 Å². The van der Waals surface area contributed by atoms with E-state index in [4.69, 9.17) is 0 Å². The third kappa shape index (κ3) is 3.64. The van der Waals surface area contributed by atoms with Gasteiger partial charge in [0.25, 0.3) is 0 Å². The molecule has 0 radical (unpaired) electrons. The molecule has 0 aliphatic carbocycles. The molecule has 0 fully saturated rings. The van der Waals surface area contributed by atoms with Crippen molar-refractivity contribution in [2.45, 2.75) is 25.2 Å². The number of hydrogen-bond donors (Lipinski definition) is 2. The minimum absolute atomic E-state index is 0.0617. The molecule has 2 aromatic carbocycles. The number of carbonyl (C=O) groups is 2. The number of carbonyl (C=O) groups excluding carboxylic acids is 2. The zero-order valence-electron chi connectivity index (χ0n) is 14.6. The fourth-order valence-electron chi connectivity index (χ4n) is 2.83. The third-order valence-corrected chi connectivity index (χ3v) is 5.33. The predicted molar refractivity (Wildman–Crippen MR) is 104 cm³/mol. The molecular formula is C19H21N3O2S. The maximum absolute atomic E-state index is 12.4. The van der Waals surface area contributed by atoms with Gasteiger partial charge >= 0.3 is 6.03 Å². The van der Waals surface area contributed by atoms with Gasteiger partial charge in [-0.05, 0) is 42.7 Å². The average molecular weight is 355 g/mol. The van der Waals surface area contributed by atoms with E-state index in [9.17, 15) is 9.59 Å². The first-order valence-corrected chi connectivity index (χ1v) is 9.18. The van der Waals surface area contributed by atoms with Gasteiger partial charge in [0, 0.05) is 23.3 Å². The Labute approximate surface area is 151 Å². The molecule has 1 heterocycles. The van der Waals surface area contributed by atoms with Crippen LogP contribution in [0.2, 0.25) is 0 Å². The Morgan fingerprint density at radius 1 is 1.24 bits per heavy atom. The molecule has 3 amide bonds. The minimum atomic E-state index is -0.290. The highest BCUT2D eigenvalue weighted by atomic mass is 32.2. The Hall–Kier alpha value is -2.47. The van der Waals surface area contributed by atoms with Crippen LogP contribution in [0, 0.1) is 6.92 Å². The van der Waals surface area contributed by atoms with Crippen LogP contribution in [0.5, 0.6) is 0 Å². The molecule has 1 aliphatic heterocycles. The lowest BCUT2D eigenvalue weighted by Gasteiger charge is -2.25. The van der Waals surface area contributed by atoms with Crippen LogP contribution < -0.4 is 15.5 Å². The highest BCUT2D eigenvalue weighted by Crippen LogP contribution is 2.36. The fourth-order valence-corrected chi connectivity index (χ4v) is 3.81. The summed E-state index contributed by atoms with van der Waals surface area (Å²) in [5.41, 5.74) is 4.46. The topological polar surface area (TPSA) is 61.4 Å². The monoisotopic (exact) mass is 355 g/mol. The van der Waals surface area contributed by atoms with Gasteiger partial charge in [-0.3, -0.25) is 4.79 Å². The highest BCUT2D eigenvalue weighted by molar-refractivity contribution is 8.00. The van der Waals surface area contributed by atoms with E-state index in [2.05, 4.69) is 17.6 Å². The number of benzene rings is 2. The molecule has 0 saturated heterocycles. The number of fused-ring (bicyclic) bond motifs is 1. The summed E-state index contributed by atoms with van der Waals surface area (Å²) in [6, 6.07) is 11.3. The van der Waals surface area contributed by atoms with E-state index in [1.165, 1.54) is 11.8 Å². The van der Waals surface area contributed by atoms with Crippen molar-refractivity contribution < 1.29 is 9.59 Å². The van der Waals surface area contributed by atoms with Crippen molar-refractivity contribution in [3.8, 4) is 0 Å². The van der Waals surface area contributed by atoms with Gasteiger partial charge in [0.2, 0.25) is 5.91 Å². The molecule has 0 atom stereocenters. The molecule has 130 valence electrons. The largest absolute Gasteiger partial charge is 0.323 e. The second-order valence-electron chi connectivity index (χ2n) is 5.97. The second kappa shape index (κ2) is 7.19. The molecule has 6 heteroatoms. The van der Waals surface area contributed by atoms with Crippen molar-refractivity contribution in [3.63, 3.8) is 0 Å². The van der Waals surface area contributed by atoms with Crippen molar-refractivity contribution in [3.05, 3.63) is 47.5 Å². The van der Waals surface area contributed by atoms with E-state index < -0.39 is 0 Å². The Balaban J connectivity index is 1.77. The Bertz CT molecular complexity index is 835. The molecule has 0 aromatic heterocycles. The first kappa shape index (κ1) is 17.4. The summed E-state index contributed by atoms with van der Waals surface area (Å²) in [4.78, 5) is 26.9. The first-order chi connectivity index (χ1) is 12.0. The zero-order chi connectivity index (χ0) is 18.0. The van der Waals surface area contributed by atoms with Crippen LogP contribution in [0.15, 0.2) is 41.3 Å². The lowest BCUT2D eigenvalue weighted by atomic mass is 10.1. The lowest BCUT2D eigenvalue weighted by Crippen LogP contribution is -2.31. The van der Waals surface area contributed by atoms with Crippen molar-refractivity contribution in [1.82, 2.24) is 0 Å². The van der Waals surface area contributed by atoms with Gasteiger partial charge in [-0.25, -0.2) is 4.79 Å². The van der Waals surface area contributed by atoms with Crippen LogP contribution in [0.3, 0.4) is 0 Å². The number of hydrogen-bond acceptors (Lipinski definition) is 3. The number of urea groups is 1. The van der Waals surface area contributed by atoms with Crippen LogP contribution in [0.25, 0.3) is 0 Å². The van der Waals surface area contributed by atoms with Gasteiger partial charge in [-0.1, -0.05) is 25.1 Å². The summed E-state index contributed by atoms with van der Waals surface area (Å²) >= 11 is 1.52. The number of nitrogens with zero attached hydrogens (tertiary/aromatic N) is 1. The SMILES string of the molecule is CCc1cccc(C)c1NC(=O)Nc1ccc2c(c1)N(C)C(=O)CS2. The Kier molecular flexibility index (Phi) is 4.99. The van der Waals surface area contributed by atoms with Gasteiger partial charge in [0.05, 0.1) is 11.4 Å². The third-order valence-electron chi connectivity index (χ3n) is 4.28. The van der Waals surface area contributed by atoms with Crippen molar-refractivity contribution >= 4 is 40.8 Å². The maximum atomic E-state index is 12.4. The van der Waals surface area contributed by atoms with E-state index >= 15 is 0 Å². The fraction of sp³-hybridized carbons (Fsp3) is 0.263. The van der Waals surface area contributed by atoms with E-state index in [-0.39, 0.29) is 11.9 Å². The number of aryl methyl sites for hydroxylation is 2. The molecule has 5 nitrogen and oxygen atoms in total. The number of amides is 3. The molecule has 3 rings (SSSR count). The molecule has 0 bridgehead atoms. The van der Waals surface area contributed by atoms with Gasteiger partial charge in [-0.15, -0.1) is 11.8 Å². The number of para-hydroxylation sites is 1. The molecule has 0 spiro atoms. The van der Waals surface area contributed by atoms with Crippen LogP contribution in [0.4, 0.5) is 21.9 Å². The first-order valence-electron chi connectivity index (χ1n) is 8.19. The molecule has 2 aromatic rings.